The molecule has 1 aromatic carbocycles. The van der Waals surface area contributed by atoms with Crippen LogP contribution in [0.4, 0.5) is 16.0 Å². The average Bonchev–Trinajstić information content (AvgIpc) is 3.45. The number of benzene rings is 1. The van der Waals surface area contributed by atoms with Crippen LogP contribution in [0.1, 0.15) is 24.2 Å². The van der Waals surface area contributed by atoms with Gasteiger partial charge in [0.2, 0.25) is 11.8 Å². The first-order chi connectivity index (χ1) is 22.0. The Balaban J connectivity index is 1.13. The van der Waals surface area contributed by atoms with E-state index in [1.54, 1.807) is 24.5 Å². The molecule has 1 saturated heterocycles. The molecule has 0 bridgehead atoms. The molecule has 3 N–H and O–H groups in total. The number of hydrogen-bond donors (Lipinski definition) is 2. The van der Waals surface area contributed by atoms with Gasteiger partial charge < -0.3 is 11.1 Å². The van der Waals surface area contributed by atoms with Crippen molar-refractivity contribution in [2.45, 2.75) is 25.4 Å². The Bertz CT molecular complexity index is 2010. The molecular formula is C33H28FN11. The third kappa shape index (κ3) is 5.89. The molecule has 7 rings (SSSR count). The van der Waals surface area contributed by atoms with Crippen molar-refractivity contribution in [2.24, 2.45) is 0 Å². The number of rotatable bonds is 7. The monoisotopic (exact) mass is 597 g/mol. The summed E-state index contributed by atoms with van der Waals surface area (Å²) in [4.78, 5) is 28.5. The molecule has 45 heavy (non-hydrogen) atoms. The minimum Gasteiger partial charge on any atom is -0.383 e. The Hall–Kier alpha value is -5.80. The van der Waals surface area contributed by atoms with Gasteiger partial charge >= 0.3 is 0 Å². The second kappa shape index (κ2) is 12.1. The zero-order valence-electron chi connectivity index (χ0n) is 24.2. The molecule has 5 aromatic heterocycles. The van der Waals surface area contributed by atoms with Crippen LogP contribution in [-0.4, -0.2) is 58.5 Å². The minimum absolute atomic E-state index is 0.169. The van der Waals surface area contributed by atoms with Gasteiger partial charge in [-0.2, -0.15) is 9.65 Å². The first kappa shape index (κ1) is 28.0. The Morgan fingerprint density at radius 1 is 0.911 bits per heavy atom. The van der Waals surface area contributed by atoms with E-state index in [1.807, 2.05) is 34.9 Å². The summed E-state index contributed by atoms with van der Waals surface area (Å²) in [6.07, 6.45) is 6.67. The molecule has 12 heteroatoms. The Kier molecular flexibility index (Phi) is 7.51. The molecule has 1 fully saturated rings. The zero-order chi connectivity index (χ0) is 30.8. The smallest absolute Gasteiger partial charge is 0.234 e. The van der Waals surface area contributed by atoms with Crippen LogP contribution in [0, 0.1) is 17.3 Å². The predicted molar refractivity (Wildman–Crippen MR) is 168 cm³/mol. The quantitative estimate of drug-likeness (QED) is 0.241. The minimum atomic E-state index is -0.544. The number of anilines is 2. The number of nitrogens with two attached hydrogens (primary N) is 1. The summed E-state index contributed by atoms with van der Waals surface area (Å²) in [5.41, 5.74) is 11.8. The molecular weight excluding hydrogens is 569 g/mol. The highest BCUT2D eigenvalue weighted by molar-refractivity contribution is 5.84. The molecule has 1 aliphatic rings. The van der Waals surface area contributed by atoms with Gasteiger partial charge in [-0.3, -0.25) is 9.47 Å². The third-order valence-electron chi connectivity index (χ3n) is 7.90. The molecule has 0 saturated carbocycles. The SMILES string of the molecule is N#Cc1nccc(NC2CCN(Cc3ccc(-n4c(-c5cccnc5N)nc5ccc(-c6ccc(F)nc6)nc54)cc3)CC2)n1. The van der Waals surface area contributed by atoms with E-state index >= 15 is 0 Å². The Morgan fingerprint density at radius 2 is 1.76 bits per heavy atom. The summed E-state index contributed by atoms with van der Waals surface area (Å²) in [6.45, 7) is 2.71. The lowest BCUT2D eigenvalue weighted by Crippen LogP contribution is -2.38. The van der Waals surface area contributed by atoms with Gasteiger partial charge in [0.05, 0.1) is 11.3 Å². The van der Waals surface area contributed by atoms with Gasteiger partial charge in [-0.1, -0.05) is 12.1 Å². The van der Waals surface area contributed by atoms with Crippen LogP contribution < -0.4 is 11.1 Å². The van der Waals surface area contributed by atoms with Crippen molar-refractivity contribution in [3.05, 3.63) is 103 Å². The maximum atomic E-state index is 13.5. The van der Waals surface area contributed by atoms with Crippen molar-refractivity contribution >= 4 is 22.8 Å². The van der Waals surface area contributed by atoms with Crippen molar-refractivity contribution in [1.29, 1.82) is 5.26 Å². The normalized spacial score (nSPS) is 14.0. The molecule has 0 radical (unpaired) electrons. The largest absolute Gasteiger partial charge is 0.383 e. The van der Waals surface area contributed by atoms with Crippen LogP contribution in [0.15, 0.2) is 85.3 Å². The number of hydrogen-bond acceptors (Lipinski definition) is 10. The van der Waals surface area contributed by atoms with Gasteiger partial charge in [-0.15, -0.1) is 0 Å². The summed E-state index contributed by atoms with van der Waals surface area (Å²) in [7, 11) is 0. The fourth-order valence-electron chi connectivity index (χ4n) is 5.62. The van der Waals surface area contributed by atoms with E-state index in [4.69, 9.17) is 21.0 Å². The number of piperidine rings is 1. The number of fused-ring (bicyclic) bond motifs is 1. The number of likely N-dealkylation sites (tertiary alicyclic amines) is 1. The van der Waals surface area contributed by atoms with E-state index in [-0.39, 0.29) is 5.82 Å². The number of nitrogen functional groups attached to an aromatic ring is 1. The fourth-order valence-corrected chi connectivity index (χ4v) is 5.62. The van der Waals surface area contributed by atoms with E-state index in [0.717, 1.165) is 38.2 Å². The summed E-state index contributed by atoms with van der Waals surface area (Å²) >= 11 is 0. The Labute approximate surface area is 258 Å². The van der Waals surface area contributed by atoms with Gasteiger partial charge in [0, 0.05) is 55.5 Å². The maximum Gasteiger partial charge on any atom is 0.234 e. The lowest BCUT2D eigenvalue weighted by atomic mass is 10.0. The number of nitrogens with one attached hydrogen (secondary N) is 1. The average molecular weight is 598 g/mol. The lowest BCUT2D eigenvalue weighted by Gasteiger charge is -2.32. The second-order valence-corrected chi connectivity index (χ2v) is 10.9. The van der Waals surface area contributed by atoms with E-state index in [0.29, 0.717) is 51.5 Å². The fraction of sp³-hybridized carbons (Fsp3) is 0.182. The van der Waals surface area contributed by atoms with Gasteiger partial charge in [0.25, 0.3) is 0 Å². The van der Waals surface area contributed by atoms with Gasteiger partial charge in [-0.25, -0.2) is 29.9 Å². The number of nitrogens with zero attached hydrogens (tertiary/aromatic N) is 9. The highest BCUT2D eigenvalue weighted by atomic mass is 19.1. The first-order valence-corrected chi connectivity index (χ1v) is 14.6. The van der Waals surface area contributed by atoms with Crippen LogP contribution in [0.2, 0.25) is 0 Å². The summed E-state index contributed by atoms with van der Waals surface area (Å²) < 4.78 is 15.5. The van der Waals surface area contributed by atoms with Crippen molar-refractivity contribution in [3.8, 4) is 34.4 Å². The topological polar surface area (TPSA) is 147 Å². The molecule has 0 amide bonds. The van der Waals surface area contributed by atoms with Crippen molar-refractivity contribution in [1.82, 2.24) is 39.4 Å². The first-order valence-electron chi connectivity index (χ1n) is 14.6. The Morgan fingerprint density at radius 3 is 2.51 bits per heavy atom. The standard InChI is InChI=1S/C33H28FN11/c34-28-10-5-22(19-39-28)26-8-9-27-33(41-26)45(32(42-27)25-2-1-14-38-31(25)36)24-6-3-21(4-7-24)20-44-16-12-23(13-17-44)40-29-11-15-37-30(18-35)43-29/h1-11,14-15,19,23H,12-13,16-17,20H2,(H2,36,38)(H,37,40,43). The number of imidazole rings is 1. The molecule has 11 nitrogen and oxygen atoms in total. The van der Waals surface area contributed by atoms with Crippen LogP contribution in [0.5, 0.6) is 0 Å². The molecule has 1 aliphatic heterocycles. The van der Waals surface area contributed by atoms with Crippen LogP contribution >= 0.6 is 0 Å². The predicted octanol–water partition coefficient (Wildman–Crippen LogP) is 5.00. The molecule has 222 valence electrons. The molecule has 0 spiro atoms. The summed E-state index contributed by atoms with van der Waals surface area (Å²) in [5.74, 6) is 1.31. The van der Waals surface area contributed by atoms with Crippen LogP contribution in [-0.2, 0) is 6.54 Å². The van der Waals surface area contributed by atoms with Gasteiger partial charge in [-0.05, 0) is 73.0 Å². The van der Waals surface area contributed by atoms with Gasteiger partial charge in [0.15, 0.2) is 11.5 Å². The third-order valence-corrected chi connectivity index (χ3v) is 7.90. The number of pyridine rings is 3. The molecule has 6 heterocycles. The highest BCUT2D eigenvalue weighted by Crippen LogP contribution is 2.32. The van der Waals surface area contributed by atoms with Crippen LogP contribution in [0.25, 0.3) is 39.5 Å². The van der Waals surface area contributed by atoms with Crippen molar-refractivity contribution in [2.75, 3.05) is 24.1 Å². The lowest BCUT2D eigenvalue weighted by molar-refractivity contribution is 0.211. The van der Waals surface area contributed by atoms with E-state index in [1.165, 1.54) is 17.8 Å². The summed E-state index contributed by atoms with van der Waals surface area (Å²) in [6, 6.07) is 22.9. The maximum absolute atomic E-state index is 13.5. The molecule has 0 aliphatic carbocycles. The van der Waals surface area contributed by atoms with Gasteiger partial charge in [0.1, 0.15) is 23.2 Å². The molecule has 0 unspecified atom stereocenters. The zero-order valence-corrected chi connectivity index (χ0v) is 24.2. The molecule has 6 aromatic rings. The van der Waals surface area contributed by atoms with Crippen molar-refractivity contribution < 1.29 is 4.39 Å². The molecule has 0 atom stereocenters. The highest BCUT2D eigenvalue weighted by Gasteiger charge is 2.21. The summed E-state index contributed by atoms with van der Waals surface area (Å²) in [5, 5.41) is 12.5. The van der Waals surface area contributed by atoms with Crippen LogP contribution in [0.3, 0.4) is 0 Å². The van der Waals surface area contributed by atoms with Crippen molar-refractivity contribution in [3.63, 3.8) is 0 Å². The van der Waals surface area contributed by atoms with E-state index < -0.39 is 5.95 Å². The van der Waals surface area contributed by atoms with E-state index in [2.05, 4.69) is 54.4 Å². The number of nitriles is 1. The van der Waals surface area contributed by atoms with E-state index in [9.17, 15) is 4.39 Å². The number of aromatic nitrogens is 7. The second-order valence-electron chi connectivity index (χ2n) is 10.9. The number of halogens is 1.